The molecule has 0 saturated carbocycles. The summed E-state index contributed by atoms with van der Waals surface area (Å²) >= 11 is 0. The fraction of sp³-hybridized carbons (Fsp3) is 0.625. The molecule has 1 aliphatic rings. The van der Waals surface area contributed by atoms with Gasteiger partial charge in [-0.15, -0.1) is 0 Å². The Morgan fingerprint density at radius 1 is 1.32 bits per heavy atom. The van der Waals surface area contributed by atoms with Crippen molar-refractivity contribution in [2.24, 2.45) is 0 Å². The molecule has 1 unspecified atom stereocenters. The van der Waals surface area contributed by atoms with E-state index in [0.717, 1.165) is 30.8 Å². The number of hydrogen-bond donors (Lipinski definition) is 1. The maximum absolute atomic E-state index is 11.4. The molecule has 1 aliphatic heterocycles. The normalized spacial score (nSPS) is 20.5. The van der Waals surface area contributed by atoms with Gasteiger partial charge < -0.3 is 9.80 Å². The molecule has 1 N–H and O–H groups in total. The summed E-state index contributed by atoms with van der Waals surface area (Å²) in [6.07, 6.45) is 1.05. The molecule has 0 bridgehead atoms. The molecule has 0 aliphatic carbocycles. The highest BCUT2D eigenvalue weighted by Gasteiger charge is 2.42. The zero-order valence-electron chi connectivity index (χ0n) is 14.0. The van der Waals surface area contributed by atoms with Crippen LogP contribution in [0.25, 0.3) is 0 Å². The number of rotatable bonds is 5. The van der Waals surface area contributed by atoms with Crippen LogP contribution in [0.1, 0.15) is 32.8 Å². The monoisotopic (exact) mass is 326 g/mol. The average molecular weight is 326 g/mol. The smallest absolute Gasteiger partial charge is 0.294 e. The molecule has 1 heterocycles. The predicted octanol–water partition coefficient (Wildman–Crippen LogP) is 2.37. The molecule has 6 heteroatoms. The lowest BCUT2D eigenvalue weighted by Crippen LogP contribution is -2.40. The summed E-state index contributed by atoms with van der Waals surface area (Å²) in [6, 6.07) is 5.20. The van der Waals surface area contributed by atoms with E-state index in [0.29, 0.717) is 0 Å². The number of anilines is 1. The van der Waals surface area contributed by atoms with Gasteiger partial charge in [0.1, 0.15) is 0 Å². The van der Waals surface area contributed by atoms with Gasteiger partial charge in [0, 0.05) is 23.7 Å². The molecule has 1 atom stereocenters. The van der Waals surface area contributed by atoms with Crippen LogP contribution in [0.15, 0.2) is 23.1 Å². The fourth-order valence-electron chi connectivity index (χ4n) is 3.14. The fourth-order valence-corrected chi connectivity index (χ4v) is 3.64. The van der Waals surface area contributed by atoms with Crippen LogP contribution in [0, 0.1) is 0 Å². The lowest BCUT2D eigenvalue weighted by Gasteiger charge is -2.31. The van der Waals surface area contributed by atoms with Gasteiger partial charge in [-0.3, -0.25) is 4.55 Å². The molecular weight excluding hydrogens is 300 g/mol. The first-order chi connectivity index (χ1) is 10.0. The van der Waals surface area contributed by atoms with Crippen molar-refractivity contribution in [2.45, 2.75) is 43.5 Å². The van der Waals surface area contributed by atoms with Crippen LogP contribution in [-0.2, 0) is 15.5 Å². The minimum absolute atomic E-state index is 0.0262. The van der Waals surface area contributed by atoms with Crippen LogP contribution in [0.5, 0.6) is 0 Å². The van der Waals surface area contributed by atoms with Gasteiger partial charge >= 0.3 is 0 Å². The van der Waals surface area contributed by atoms with Crippen molar-refractivity contribution >= 4 is 15.8 Å². The van der Waals surface area contributed by atoms with E-state index in [-0.39, 0.29) is 16.4 Å². The summed E-state index contributed by atoms with van der Waals surface area (Å²) in [4.78, 5) is 4.47. The molecule has 0 aromatic heterocycles. The van der Waals surface area contributed by atoms with E-state index in [1.165, 1.54) is 6.07 Å². The molecule has 0 fully saturated rings. The highest BCUT2D eigenvalue weighted by Crippen LogP contribution is 2.45. The van der Waals surface area contributed by atoms with E-state index in [9.17, 15) is 13.0 Å². The summed E-state index contributed by atoms with van der Waals surface area (Å²) in [5.74, 6) is 0. The Labute approximate surface area is 133 Å². The third-order valence-corrected chi connectivity index (χ3v) is 5.64. The van der Waals surface area contributed by atoms with Gasteiger partial charge in [-0.1, -0.05) is 13.8 Å². The molecule has 2 rings (SSSR count). The van der Waals surface area contributed by atoms with Crippen LogP contribution < -0.4 is 4.90 Å². The Bertz CT molecular complexity index is 653. The Balaban J connectivity index is 2.36. The van der Waals surface area contributed by atoms with E-state index in [1.807, 2.05) is 6.07 Å². The summed E-state index contributed by atoms with van der Waals surface area (Å²) < 4.78 is 32.1. The second-order valence-corrected chi connectivity index (χ2v) is 8.32. The largest absolute Gasteiger partial charge is 0.368 e. The molecule has 1 aromatic rings. The number of benzene rings is 1. The highest BCUT2D eigenvalue weighted by molar-refractivity contribution is 7.85. The summed E-state index contributed by atoms with van der Waals surface area (Å²) in [5.41, 5.74) is 1.90. The second kappa shape index (κ2) is 5.83. The predicted molar refractivity (Wildman–Crippen MR) is 89.3 cm³/mol. The van der Waals surface area contributed by atoms with Crippen LogP contribution in [0.2, 0.25) is 0 Å². The SMILES string of the molecule is CC1N(CCCN(C)C)c2ccc(S(=O)(=O)O)cc2C1(C)C. The molecule has 22 heavy (non-hydrogen) atoms. The van der Waals surface area contributed by atoms with E-state index in [4.69, 9.17) is 0 Å². The maximum atomic E-state index is 11.4. The standard InChI is InChI=1S/C16H26N2O3S/c1-12-16(2,3)14-11-13(22(19,20)21)7-8-15(14)18(12)10-6-9-17(4)5/h7-8,11-12H,6,9-10H2,1-5H3,(H,19,20,21). The van der Waals surface area contributed by atoms with Gasteiger partial charge in [-0.25, -0.2) is 0 Å². The zero-order chi connectivity index (χ0) is 16.7. The number of fused-ring (bicyclic) bond motifs is 1. The molecule has 124 valence electrons. The number of hydrogen-bond acceptors (Lipinski definition) is 4. The lowest BCUT2D eigenvalue weighted by molar-refractivity contribution is 0.387. The van der Waals surface area contributed by atoms with Gasteiger partial charge in [0.2, 0.25) is 0 Å². The van der Waals surface area contributed by atoms with Crippen LogP contribution >= 0.6 is 0 Å². The Morgan fingerprint density at radius 2 is 1.95 bits per heavy atom. The Hall–Kier alpha value is -1.11. The third-order valence-electron chi connectivity index (χ3n) is 4.79. The van der Waals surface area contributed by atoms with Gasteiger partial charge in [0.25, 0.3) is 10.1 Å². The van der Waals surface area contributed by atoms with E-state index >= 15 is 0 Å². The van der Waals surface area contributed by atoms with Crippen molar-refractivity contribution in [1.29, 1.82) is 0 Å². The molecule has 0 radical (unpaired) electrons. The van der Waals surface area contributed by atoms with Crippen LogP contribution in [0.4, 0.5) is 5.69 Å². The summed E-state index contributed by atoms with van der Waals surface area (Å²) in [6.45, 7) is 8.36. The minimum atomic E-state index is -4.16. The van der Waals surface area contributed by atoms with Crippen molar-refractivity contribution in [3.05, 3.63) is 23.8 Å². The molecule has 0 amide bonds. The van der Waals surface area contributed by atoms with Crippen molar-refractivity contribution in [3.8, 4) is 0 Å². The zero-order valence-corrected chi connectivity index (χ0v) is 14.8. The van der Waals surface area contributed by atoms with Gasteiger partial charge in [0.05, 0.1) is 4.90 Å². The van der Waals surface area contributed by atoms with Gasteiger partial charge in [-0.2, -0.15) is 8.42 Å². The van der Waals surface area contributed by atoms with Crippen molar-refractivity contribution in [2.75, 3.05) is 32.1 Å². The first kappa shape index (κ1) is 17.2. The topological polar surface area (TPSA) is 60.9 Å². The van der Waals surface area contributed by atoms with Crippen molar-refractivity contribution in [1.82, 2.24) is 4.90 Å². The van der Waals surface area contributed by atoms with E-state index < -0.39 is 10.1 Å². The van der Waals surface area contributed by atoms with Gasteiger partial charge in [0.15, 0.2) is 0 Å². The molecule has 0 spiro atoms. The highest BCUT2D eigenvalue weighted by atomic mass is 32.2. The summed E-state index contributed by atoms with van der Waals surface area (Å²) in [5, 5.41) is 0. The summed E-state index contributed by atoms with van der Waals surface area (Å²) in [7, 11) is -0.0445. The first-order valence-corrected chi connectivity index (χ1v) is 9.02. The quantitative estimate of drug-likeness (QED) is 0.842. The van der Waals surface area contributed by atoms with Crippen LogP contribution in [0.3, 0.4) is 0 Å². The molecule has 1 aromatic carbocycles. The molecule has 5 nitrogen and oxygen atoms in total. The minimum Gasteiger partial charge on any atom is -0.368 e. The second-order valence-electron chi connectivity index (χ2n) is 6.90. The van der Waals surface area contributed by atoms with E-state index in [2.05, 4.69) is 44.7 Å². The Kier molecular flexibility index (Phi) is 4.57. The van der Waals surface area contributed by atoms with Crippen LogP contribution in [-0.4, -0.2) is 51.1 Å². The lowest BCUT2D eigenvalue weighted by atomic mass is 9.81. The first-order valence-electron chi connectivity index (χ1n) is 7.58. The van der Waals surface area contributed by atoms with Gasteiger partial charge in [-0.05, 0) is 57.7 Å². The van der Waals surface area contributed by atoms with E-state index in [1.54, 1.807) is 6.07 Å². The third kappa shape index (κ3) is 3.14. The number of nitrogens with zero attached hydrogens (tertiary/aromatic N) is 2. The van der Waals surface area contributed by atoms with Crippen molar-refractivity contribution in [3.63, 3.8) is 0 Å². The Morgan fingerprint density at radius 3 is 2.50 bits per heavy atom. The molecule has 0 saturated heterocycles. The molecular formula is C16H26N2O3S. The average Bonchev–Trinajstić information content (AvgIpc) is 2.58. The maximum Gasteiger partial charge on any atom is 0.294 e. The van der Waals surface area contributed by atoms with Crippen molar-refractivity contribution < 1.29 is 13.0 Å².